The van der Waals surface area contributed by atoms with E-state index in [9.17, 15) is 18.0 Å². The van der Waals surface area contributed by atoms with E-state index in [1.807, 2.05) is 31.2 Å². The molecule has 0 aliphatic carbocycles. The minimum absolute atomic E-state index is 0.00853. The largest absolute Gasteiger partial charge is 0.496 e. The highest BCUT2D eigenvalue weighted by atomic mass is 19.4. The number of anilines is 1. The third kappa shape index (κ3) is 4.96. The van der Waals surface area contributed by atoms with Crippen molar-refractivity contribution >= 4 is 11.6 Å². The summed E-state index contributed by atoms with van der Waals surface area (Å²) in [7, 11) is 1.56. The van der Waals surface area contributed by atoms with Crippen LogP contribution in [0.4, 0.5) is 18.9 Å². The van der Waals surface area contributed by atoms with Gasteiger partial charge in [0.25, 0.3) is 5.91 Å². The number of methoxy groups -OCH3 is 1. The Balaban J connectivity index is 2.00. The van der Waals surface area contributed by atoms with Gasteiger partial charge in [-0.2, -0.15) is 13.2 Å². The number of halogens is 3. The molecule has 0 saturated heterocycles. The van der Waals surface area contributed by atoms with E-state index < -0.39 is 17.6 Å². The zero-order valence-corrected chi connectivity index (χ0v) is 13.9. The van der Waals surface area contributed by atoms with Gasteiger partial charge in [0.2, 0.25) is 0 Å². The molecular formula is C18H20F3N2O2+. The van der Waals surface area contributed by atoms with Gasteiger partial charge < -0.3 is 15.4 Å². The number of carbonyl (C=O) groups is 1. The summed E-state index contributed by atoms with van der Waals surface area (Å²) in [6.45, 7) is 1.89. The molecule has 1 atom stereocenters. The number of carbonyl (C=O) groups excluding carboxylic acids is 1. The van der Waals surface area contributed by atoms with Crippen LogP contribution in [-0.2, 0) is 11.0 Å². The van der Waals surface area contributed by atoms with Gasteiger partial charge in [0, 0.05) is 0 Å². The van der Waals surface area contributed by atoms with Crippen molar-refractivity contribution in [3.63, 3.8) is 0 Å². The summed E-state index contributed by atoms with van der Waals surface area (Å²) < 4.78 is 44.1. The first-order chi connectivity index (χ1) is 11.8. The van der Waals surface area contributed by atoms with Crippen molar-refractivity contribution in [2.24, 2.45) is 0 Å². The van der Waals surface area contributed by atoms with Crippen LogP contribution in [0.5, 0.6) is 5.75 Å². The second-order valence-corrected chi connectivity index (χ2v) is 5.56. The van der Waals surface area contributed by atoms with Gasteiger partial charge in [-0.3, -0.25) is 4.79 Å². The Morgan fingerprint density at radius 2 is 1.80 bits per heavy atom. The first-order valence-electron chi connectivity index (χ1n) is 7.75. The molecule has 0 aliphatic heterocycles. The lowest BCUT2D eigenvalue weighted by atomic mass is 10.1. The number of hydrogen-bond donors (Lipinski definition) is 2. The van der Waals surface area contributed by atoms with Crippen molar-refractivity contribution in [3.05, 3.63) is 59.7 Å². The molecule has 0 spiro atoms. The summed E-state index contributed by atoms with van der Waals surface area (Å²) in [4.78, 5) is 12.0. The Morgan fingerprint density at radius 3 is 2.48 bits per heavy atom. The van der Waals surface area contributed by atoms with Crippen molar-refractivity contribution in [1.82, 2.24) is 0 Å². The Hall–Kier alpha value is -2.54. The Labute approximate surface area is 144 Å². The van der Waals surface area contributed by atoms with E-state index in [4.69, 9.17) is 4.74 Å². The van der Waals surface area contributed by atoms with Gasteiger partial charge in [-0.05, 0) is 31.2 Å². The molecule has 0 radical (unpaired) electrons. The Bertz CT molecular complexity index is 732. The third-order valence-electron chi connectivity index (χ3n) is 3.79. The number of ether oxygens (including phenoxy) is 1. The van der Waals surface area contributed by atoms with Crippen LogP contribution in [0.1, 0.15) is 24.1 Å². The second kappa shape index (κ2) is 8.02. The molecule has 2 rings (SSSR count). The maximum Gasteiger partial charge on any atom is 0.418 e. The number of nitrogens with one attached hydrogen (secondary N) is 1. The van der Waals surface area contributed by atoms with Crippen LogP contribution in [0.3, 0.4) is 0 Å². The van der Waals surface area contributed by atoms with Crippen LogP contribution in [0.15, 0.2) is 48.5 Å². The maximum absolute atomic E-state index is 12.9. The molecule has 3 N–H and O–H groups in total. The topological polar surface area (TPSA) is 54.9 Å². The molecule has 2 aromatic carbocycles. The van der Waals surface area contributed by atoms with Crippen LogP contribution >= 0.6 is 0 Å². The molecule has 0 fully saturated rings. The summed E-state index contributed by atoms with van der Waals surface area (Å²) in [6, 6.07) is 12.2. The third-order valence-corrected chi connectivity index (χ3v) is 3.79. The fourth-order valence-electron chi connectivity index (χ4n) is 2.49. The van der Waals surface area contributed by atoms with Gasteiger partial charge in [-0.25, -0.2) is 0 Å². The summed E-state index contributed by atoms with van der Waals surface area (Å²) >= 11 is 0. The Kier molecular flexibility index (Phi) is 6.03. The van der Waals surface area contributed by atoms with Crippen molar-refractivity contribution in [2.75, 3.05) is 19.0 Å². The summed E-state index contributed by atoms with van der Waals surface area (Å²) in [6.07, 6.45) is -4.52. The highest BCUT2D eigenvalue weighted by Gasteiger charge is 2.33. The van der Waals surface area contributed by atoms with Gasteiger partial charge in [0.1, 0.15) is 11.8 Å². The van der Waals surface area contributed by atoms with Crippen LogP contribution in [0.2, 0.25) is 0 Å². The smallest absolute Gasteiger partial charge is 0.418 e. The molecule has 0 aromatic heterocycles. The number of hydrogen-bond acceptors (Lipinski definition) is 2. The molecule has 4 nitrogen and oxygen atoms in total. The lowest BCUT2D eigenvalue weighted by Gasteiger charge is -2.15. The molecule has 7 heteroatoms. The number of para-hydroxylation sites is 2. The molecule has 2 aromatic rings. The van der Waals surface area contributed by atoms with E-state index >= 15 is 0 Å². The summed E-state index contributed by atoms with van der Waals surface area (Å²) in [5.74, 6) is 0.201. The number of quaternary nitrogens is 1. The standard InChI is InChI=1S/C18H19F3N2O2/c1-12(13-7-3-6-10-16(13)25-2)22-11-17(24)23-15-9-5-4-8-14(15)18(19,20)21/h3-10,12,22H,11H2,1-2H3,(H,23,24)/p+1/t12-/m1/s1. The zero-order valence-electron chi connectivity index (χ0n) is 13.9. The first kappa shape index (κ1) is 18.8. The lowest BCUT2D eigenvalue weighted by molar-refractivity contribution is -0.682. The van der Waals surface area contributed by atoms with E-state index in [-0.39, 0.29) is 18.3 Å². The molecule has 134 valence electrons. The second-order valence-electron chi connectivity index (χ2n) is 5.56. The molecule has 25 heavy (non-hydrogen) atoms. The highest BCUT2D eigenvalue weighted by Crippen LogP contribution is 2.34. The van der Waals surface area contributed by atoms with Gasteiger partial charge in [-0.1, -0.05) is 24.3 Å². The molecule has 0 saturated carbocycles. The zero-order chi connectivity index (χ0) is 18.4. The molecule has 0 bridgehead atoms. The quantitative estimate of drug-likeness (QED) is 0.839. The fourth-order valence-corrected chi connectivity index (χ4v) is 2.49. The molecule has 0 aliphatic rings. The Morgan fingerprint density at radius 1 is 1.16 bits per heavy atom. The van der Waals surface area contributed by atoms with Crippen LogP contribution in [-0.4, -0.2) is 19.6 Å². The predicted molar refractivity (Wildman–Crippen MR) is 88.3 cm³/mol. The van der Waals surface area contributed by atoms with Crippen molar-refractivity contribution in [3.8, 4) is 5.75 Å². The summed E-state index contributed by atoms with van der Waals surface area (Å²) in [5.41, 5.74) is -0.187. The number of alkyl halides is 3. The minimum Gasteiger partial charge on any atom is -0.496 e. The van der Waals surface area contributed by atoms with E-state index in [1.165, 1.54) is 18.2 Å². The SMILES string of the molecule is COc1ccccc1[C@@H](C)[NH2+]CC(=O)Nc1ccccc1C(F)(F)F. The number of nitrogens with two attached hydrogens (primary N) is 1. The first-order valence-corrected chi connectivity index (χ1v) is 7.75. The van der Waals surface area contributed by atoms with Crippen molar-refractivity contribution in [2.45, 2.75) is 19.1 Å². The van der Waals surface area contributed by atoms with Gasteiger partial charge in [0.05, 0.1) is 23.9 Å². The maximum atomic E-state index is 12.9. The number of benzene rings is 2. The van der Waals surface area contributed by atoms with Crippen molar-refractivity contribution in [1.29, 1.82) is 0 Å². The van der Waals surface area contributed by atoms with Crippen molar-refractivity contribution < 1.29 is 28.0 Å². The molecule has 0 unspecified atom stereocenters. The average Bonchev–Trinajstić information content (AvgIpc) is 2.59. The van der Waals surface area contributed by atoms with Crippen LogP contribution < -0.4 is 15.4 Å². The average molecular weight is 353 g/mol. The number of rotatable bonds is 6. The van der Waals surface area contributed by atoms with Gasteiger partial charge in [-0.15, -0.1) is 0 Å². The van der Waals surface area contributed by atoms with Gasteiger partial charge in [0.15, 0.2) is 6.54 Å². The van der Waals surface area contributed by atoms with E-state index in [0.29, 0.717) is 5.75 Å². The lowest BCUT2D eigenvalue weighted by Crippen LogP contribution is -2.86. The molecule has 0 heterocycles. The van der Waals surface area contributed by atoms with Crippen LogP contribution in [0.25, 0.3) is 0 Å². The highest BCUT2D eigenvalue weighted by molar-refractivity contribution is 5.92. The minimum atomic E-state index is -4.52. The molecular weight excluding hydrogens is 333 g/mol. The van der Waals surface area contributed by atoms with E-state index in [0.717, 1.165) is 11.6 Å². The van der Waals surface area contributed by atoms with E-state index in [1.54, 1.807) is 12.4 Å². The van der Waals surface area contributed by atoms with Gasteiger partial charge >= 0.3 is 6.18 Å². The number of amides is 1. The molecule has 1 amide bonds. The fraction of sp³-hybridized carbons (Fsp3) is 0.278. The monoisotopic (exact) mass is 353 g/mol. The van der Waals surface area contributed by atoms with E-state index in [2.05, 4.69) is 5.32 Å². The van der Waals surface area contributed by atoms with Crippen LogP contribution in [0, 0.1) is 0 Å². The normalized spacial score (nSPS) is 12.5. The summed E-state index contributed by atoms with van der Waals surface area (Å²) in [5, 5.41) is 4.07. The predicted octanol–water partition coefficient (Wildman–Crippen LogP) is 2.98.